The van der Waals surface area contributed by atoms with Gasteiger partial charge in [-0.2, -0.15) is 0 Å². The highest BCUT2D eigenvalue weighted by atomic mass is 32.1. The zero-order valence-corrected chi connectivity index (χ0v) is 41.1. The molecule has 2 nitrogen and oxygen atoms in total. The Labute approximate surface area is 389 Å². The molecule has 4 heterocycles. The van der Waals surface area contributed by atoms with E-state index in [-0.39, 0.29) is 33.9 Å². The smallest absolute Gasteiger partial charge is 0.333 e. The molecule has 0 fully saturated rings. The van der Waals surface area contributed by atoms with Gasteiger partial charge in [-0.05, 0) is 150 Å². The number of thiophene rings is 1. The Balaban J connectivity index is 1.29. The van der Waals surface area contributed by atoms with Crippen molar-refractivity contribution in [3.63, 3.8) is 0 Å². The van der Waals surface area contributed by atoms with Gasteiger partial charge in [0.05, 0.1) is 11.0 Å². The Morgan fingerprint density at radius 2 is 1.22 bits per heavy atom. The highest BCUT2D eigenvalue weighted by molar-refractivity contribution is 7.26. The SMILES string of the molecule is CC(C)(C)c1ccc(N2B3c4cc5sc6ccccc6c5cc4-n4c5cc6c(cc5c5c7c(c(c3c54)-c3cc(C(C)(C)C)ccc32)-c2ccccc2C7(C)C)C(C)(C)CCC6(C)C)cc1. The monoisotopic (exact) mass is 862 g/mol. The van der Waals surface area contributed by atoms with Crippen LogP contribution in [0.4, 0.5) is 11.4 Å². The maximum absolute atomic E-state index is 2.78. The summed E-state index contributed by atoms with van der Waals surface area (Å²) in [6, 6.07) is 46.1. The molecule has 0 atom stereocenters. The van der Waals surface area contributed by atoms with Gasteiger partial charge in [0.25, 0.3) is 0 Å². The second-order valence-electron chi connectivity index (χ2n) is 24.0. The molecule has 0 bridgehead atoms. The molecule has 4 heteroatoms. The van der Waals surface area contributed by atoms with E-state index in [1.807, 2.05) is 11.3 Å². The zero-order valence-electron chi connectivity index (χ0n) is 40.3. The molecule has 0 saturated heterocycles. The van der Waals surface area contributed by atoms with Crippen LogP contribution in [0.3, 0.4) is 0 Å². The van der Waals surface area contributed by atoms with Crippen molar-refractivity contribution in [1.29, 1.82) is 0 Å². The molecule has 7 aromatic carbocycles. The van der Waals surface area contributed by atoms with E-state index in [4.69, 9.17) is 0 Å². The molecule has 2 aromatic heterocycles. The van der Waals surface area contributed by atoms with Crippen molar-refractivity contribution in [2.75, 3.05) is 4.81 Å². The summed E-state index contributed by atoms with van der Waals surface area (Å²) in [6.07, 6.45) is 2.37. The Kier molecular flexibility index (Phi) is 7.61. The quantitative estimate of drug-likeness (QED) is 0.149. The minimum atomic E-state index is -0.226. The summed E-state index contributed by atoms with van der Waals surface area (Å²) >= 11 is 1.94. The summed E-state index contributed by atoms with van der Waals surface area (Å²) in [5, 5.41) is 5.55. The molecule has 0 spiro atoms. The van der Waals surface area contributed by atoms with Crippen LogP contribution in [-0.4, -0.2) is 11.4 Å². The molecule has 0 amide bonds. The maximum Gasteiger partial charge on any atom is 0.333 e. The predicted octanol–water partition coefficient (Wildman–Crippen LogP) is 15.6. The van der Waals surface area contributed by atoms with Crippen LogP contribution in [0.15, 0.2) is 115 Å². The van der Waals surface area contributed by atoms with Gasteiger partial charge in [-0.1, -0.05) is 144 Å². The van der Waals surface area contributed by atoms with E-state index in [2.05, 4.69) is 208 Å². The number of hydrogen-bond donors (Lipinski definition) is 0. The fourth-order valence-corrected chi connectivity index (χ4v) is 14.1. The summed E-state index contributed by atoms with van der Waals surface area (Å²) < 4.78 is 5.48. The lowest BCUT2D eigenvalue weighted by Crippen LogP contribution is -2.60. The zero-order chi connectivity index (χ0) is 45.1. The van der Waals surface area contributed by atoms with Crippen molar-refractivity contribution in [2.24, 2.45) is 0 Å². The van der Waals surface area contributed by atoms with Crippen LogP contribution >= 0.6 is 11.3 Å². The molecule has 0 saturated carbocycles. The van der Waals surface area contributed by atoms with Crippen LogP contribution in [0, 0.1) is 0 Å². The highest BCUT2D eigenvalue weighted by Crippen LogP contribution is 2.60. The van der Waals surface area contributed by atoms with Crippen LogP contribution < -0.4 is 15.7 Å². The first-order valence-electron chi connectivity index (χ1n) is 24.1. The molecule has 322 valence electrons. The molecular weight excluding hydrogens is 804 g/mol. The average molecular weight is 863 g/mol. The van der Waals surface area contributed by atoms with Crippen LogP contribution in [0.2, 0.25) is 0 Å². The first-order chi connectivity index (χ1) is 30.8. The summed E-state index contributed by atoms with van der Waals surface area (Å²) in [7, 11) is 0. The summed E-state index contributed by atoms with van der Waals surface area (Å²) in [5.41, 5.74) is 23.6. The minimum absolute atomic E-state index is 0.0281. The first kappa shape index (κ1) is 39.8. The minimum Gasteiger partial charge on any atom is -0.376 e. The fraction of sp³-hybridized carbons (Fsp3) is 0.311. The Bertz CT molecular complexity index is 3600. The average Bonchev–Trinajstić information content (AvgIpc) is 3.88. The molecule has 0 N–H and O–H groups in total. The Morgan fingerprint density at radius 1 is 0.554 bits per heavy atom. The number of anilines is 2. The van der Waals surface area contributed by atoms with Gasteiger partial charge in [-0.15, -0.1) is 11.3 Å². The molecule has 2 aliphatic heterocycles. The van der Waals surface area contributed by atoms with Gasteiger partial charge in [0.15, 0.2) is 0 Å². The van der Waals surface area contributed by atoms with Crippen molar-refractivity contribution in [2.45, 2.75) is 123 Å². The highest BCUT2D eigenvalue weighted by Gasteiger charge is 2.50. The molecule has 9 aromatic rings. The lowest BCUT2D eigenvalue weighted by Gasteiger charge is -2.43. The number of aromatic nitrogens is 1. The van der Waals surface area contributed by atoms with Gasteiger partial charge in [0, 0.05) is 59.0 Å². The lowest BCUT2D eigenvalue weighted by atomic mass is 9.43. The number of benzene rings is 7. The van der Waals surface area contributed by atoms with Crippen LogP contribution in [-0.2, 0) is 27.1 Å². The normalized spacial score (nSPS) is 17.4. The number of fused-ring (bicyclic) bond motifs is 17. The number of hydrogen-bond acceptors (Lipinski definition) is 2. The third-order valence-corrected chi connectivity index (χ3v) is 17.8. The van der Waals surface area contributed by atoms with Crippen molar-refractivity contribution in [3.05, 3.63) is 149 Å². The van der Waals surface area contributed by atoms with Crippen molar-refractivity contribution in [1.82, 2.24) is 4.57 Å². The largest absolute Gasteiger partial charge is 0.376 e. The van der Waals surface area contributed by atoms with Crippen LogP contribution in [0.25, 0.3) is 69.9 Å². The molecule has 65 heavy (non-hydrogen) atoms. The second-order valence-corrected chi connectivity index (χ2v) is 25.1. The van der Waals surface area contributed by atoms with E-state index in [1.54, 1.807) is 0 Å². The van der Waals surface area contributed by atoms with E-state index >= 15 is 0 Å². The van der Waals surface area contributed by atoms with Gasteiger partial charge >= 0.3 is 6.85 Å². The van der Waals surface area contributed by atoms with Crippen molar-refractivity contribution >= 4 is 82.5 Å². The van der Waals surface area contributed by atoms with Gasteiger partial charge in [-0.25, -0.2) is 0 Å². The lowest BCUT2D eigenvalue weighted by molar-refractivity contribution is 0.332. The second kappa shape index (κ2) is 12.4. The van der Waals surface area contributed by atoms with E-state index in [1.165, 1.54) is 138 Å². The third-order valence-electron chi connectivity index (χ3n) is 16.7. The first-order valence-corrected chi connectivity index (χ1v) is 24.9. The Morgan fingerprint density at radius 3 is 1.94 bits per heavy atom. The van der Waals surface area contributed by atoms with Gasteiger partial charge in [0.1, 0.15) is 0 Å². The molecule has 2 aliphatic carbocycles. The summed E-state index contributed by atoms with van der Waals surface area (Å²) in [6.45, 7) is 29.0. The van der Waals surface area contributed by atoms with E-state index in [0.717, 1.165) is 0 Å². The van der Waals surface area contributed by atoms with E-state index < -0.39 is 0 Å². The van der Waals surface area contributed by atoms with Gasteiger partial charge in [-0.3, -0.25) is 0 Å². The molecule has 0 radical (unpaired) electrons. The van der Waals surface area contributed by atoms with Crippen LogP contribution in [0.1, 0.15) is 129 Å². The van der Waals surface area contributed by atoms with Crippen LogP contribution in [0.5, 0.6) is 0 Å². The number of rotatable bonds is 1. The molecule has 0 unspecified atom stereocenters. The molecule has 13 rings (SSSR count). The molecular formula is C61H59BN2S. The topological polar surface area (TPSA) is 8.17 Å². The standard InChI is InChI=1S/C61H59BN2S/c1-57(2,3)34-21-24-36(25-22-34)64-46-26-23-35(58(4,5)6)29-40(46)52-51-38-18-13-15-19-42(38)61(11,12)54(51)53-41-30-43-44(60(9,10)28-27-59(43,7)8)32-47(41)63-48-31-39-37-17-14-16-20-49(37)65-50(39)33-45(48)62(64)55(52)56(53)63/h13-26,29-33H,27-28H2,1-12H3. The third kappa shape index (κ3) is 5.13. The summed E-state index contributed by atoms with van der Waals surface area (Å²) in [5.74, 6) is 0. The van der Waals surface area contributed by atoms with Crippen molar-refractivity contribution < 1.29 is 0 Å². The maximum atomic E-state index is 2.78. The Hall–Kier alpha value is -5.58. The van der Waals surface area contributed by atoms with Crippen molar-refractivity contribution in [3.8, 4) is 27.9 Å². The number of nitrogens with zero attached hydrogens (tertiary/aromatic N) is 2. The molecule has 4 aliphatic rings. The van der Waals surface area contributed by atoms with Gasteiger partial charge in [0.2, 0.25) is 0 Å². The fourth-order valence-electron chi connectivity index (χ4n) is 13.0. The predicted molar refractivity (Wildman–Crippen MR) is 283 cm³/mol. The van der Waals surface area contributed by atoms with Gasteiger partial charge < -0.3 is 9.38 Å². The summed E-state index contributed by atoms with van der Waals surface area (Å²) in [4.78, 5) is 2.74. The van der Waals surface area contributed by atoms with E-state index in [0.29, 0.717) is 0 Å². The van der Waals surface area contributed by atoms with E-state index in [9.17, 15) is 0 Å².